The summed E-state index contributed by atoms with van der Waals surface area (Å²) < 4.78 is 0. The number of aromatic nitrogens is 1. The number of hydrogen-bond acceptors (Lipinski definition) is 4. The van der Waals surface area contributed by atoms with Crippen molar-refractivity contribution >= 4 is 28.1 Å². The van der Waals surface area contributed by atoms with E-state index in [-0.39, 0.29) is 0 Å². The molecular formula is C14H16N2O2S. The van der Waals surface area contributed by atoms with Crippen molar-refractivity contribution in [2.24, 2.45) is 0 Å². The fourth-order valence-electron chi connectivity index (χ4n) is 1.49. The molecule has 0 atom stereocenters. The smallest absolute Gasteiger partial charge is 0.315 e. The molecule has 0 aliphatic rings. The monoisotopic (exact) mass is 276 g/mol. The average molecular weight is 276 g/mol. The van der Waals surface area contributed by atoms with E-state index in [2.05, 4.69) is 10.3 Å². The zero-order valence-electron chi connectivity index (χ0n) is 11.1. The van der Waals surface area contributed by atoms with E-state index in [1.54, 1.807) is 19.2 Å². The lowest BCUT2D eigenvalue weighted by Gasteiger charge is -2.15. The third kappa shape index (κ3) is 2.93. The second-order valence-corrected chi connectivity index (χ2v) is 5.82. The Balaban J connectivity index is 2.18. The maximum absolute atomic E-state index is 11.2. The molecule has 0 saturated carbocycles. The Morgan fingerprint density at radius 2 is 1.95 bits per heavy atom. The highest BCUT2D eigenvalue weighted by molar-refractivity contribution is 7.13. The number of nitrogens with one attached hydrogen (secondary N) is 1. The fourth-order valence-corrected chi connectivity index (χ4v) is 2.39. The van der Waals surface area contributed by atoms with Crippen LogP contribution in [-0.4, -0.2) is 16.1 Å². The highest BCUT2D eigenvalue weighted by Crippen LogP contribution is 2.28. The first-order valence-electron chi connectivity index (χ1n) is 5.92. The molecule has 4 nitrogen and oxygen atoms in total. The van der Waals surface area contributed by atoms with Crippen LogP contribution in [0.5, 0.6) is 0 Å². The second-order valence-electron chi connectivity index (χ2n) is 4.96. The minimum absolute atomic E-state index is 0.569. The van der Waals surface area contributed by atoms with Gasteiger partial charge in [-0.1, -0.05) is 17.7 Å². The second kappa shape index (κ2) is 5.01. The third-order valence-electron chi connectivity index (χ3n) is 2.98. The van der Waals surface area contributed by atoms with Gasteiger partial charge in [-0.3, -0.25) is 4.79 Å². The molecule has 0 radical (unpaired) electrons. The highest BCUT2D eigenvalue weighted by Gasteiger charge is 2.32. The number of aryl methyl sites for hydroxylation is 1. The molecule has 0 unspecified atom stereocenters. The van der Waals surface area contributed by atoms with Crippen molar-refractivity contribution in [2.75, 3.05) is 5.32 Å². The summed E-state index contributed by atoms with van der Waals surface area (Å²) in [5, 5.41) is 14.8. The van der Waals surface area contributed by atoms with Crippen LogP contribution in [0.2, 0.25) is 0 Å². The van der Waals surface area contributed by atoms with Crippen LogP contribution in [0.1, 0.15) is 25.1 Å². The van der Waals surface area contributed by atoms with E-state index >= 15 is 0 Å². The lowest BCUT2D eigenvalue weighted by molar-refractivity contribution is -0.142. The van der Waals surface area contributed by atoms with Gasteiger partial charge in [0.1, 0.15) is 5.41 Å². The number of hydrogen-bond donors (Lipinski definition) is 2. The van der Waals surface area contributed by atoms with Gasteiger partial charge in [-0.15, -0.1) is 11.3 Å². The molecule has 19 heavy (non-hydrogen) atoms. The van der Waals surface area contributed by atoms with E-state index < -0.39 is 11.4 Å². The van der Waals surface area contributed by atoms with Crippen molar-refractivity contribution < 1.29 is 9.90 Å². The number of carboxylic acid groups (broad SMARTS) is 1. The van der Waals surface area contributed by atoms with Gasteiger partial charge in [-0.2, -0.15) is 0 Å². The fraction of sp³-hybridized carbons (Fsp3) is 0.286. The molecule has 1 aromatic carbocycles. The van der Waals surface area contributed by atoms with Crippen molar-refractivity contribution in [3.63, 3.8) is 0 Å². The first-order valence-corrected chi connectivity index (χ1v) is 6.80. The minimum atomic E-state index is -0.969. The Kier molecular flexibility index (Phi) is 3.57. The lowest BCUT2D eigenvalue weighted by atomic mass is 9.90. The molecule has 1 aromatic heterocycles. The first kappa shape index (κ1) is 13.5. The van der Waals surface area contributed by atoms with Crippen LogP contribution >= 0.6 is 11.3 Å². The summed E-state index contributed by atoms with van der Waals surface area (Å²) in [5.41, 5.74) is 1.74. The van der Waals surface area contributed by atoms with Gasteiger partial charge >= 0.3 is 5.97 Å². The molecule has 2 aromatic rings. The van der Waals surface area contributed by atoms with Crippen molar-refractivity contribution in [3.05, 3.63) is 40.9 Å². The molecule has 100 valence electrons. The molecule has 0 spiro atoms. The third-order valence-corrected chi connectivity index (χ3v) is 3.74. The maximum atomic E-state index is 11.2. The summed E-state index contributed by atoms with van der Waals surface area (Å²) in [4.78, 5) is 15.5. The quantitative estimate of drug-likeness (QED) is 0.896. The Labute approximate surface area is 116 Å². The number of anilines is 2. The molecule has 2 rings (SSSR count). The number of carboxylic acids is 1. The van der Waals surface area contributed by atoms with E-state index in [0.717, 1.165) is 5.69 Å². The molecule has 0 aliphatic carbocycles. The Hall–Kier alpha value is -1.88. The first-order chi connectivity index (χ1) is 8.89. The number of nitrogens with zero attached hydrogens (tertiary/aromatic N) is 1. The molecule has 0 amide bonds. The Morgan fingerprint density at radius 1 is 1.32 bits per heavy atom. The topological polar surface area (TPSA) is 62.2 Å². The zero-order chi connectivity index (χ0) is 14.0. The van der Waals surface area contributed by atoms with Crippen LogP contribution in [0.4, 0.5) is 10.8 Å². The Morgan fingerprint density at radius 3 is 2.53 bits per heavy atom. The van der Waals surface area contributed by atoms with Crippen molar-refractivity contribution in [3.8, 4) is 0 Å². The van der Waals surface area contributed by atoms with E-state index in [9.17, 15) is 4.79 Å². The summed E-state index contributed by atoms with van der Waals surface area (Å²) in [6.07, 6.45) is 0. The minimum Gasteiger partial charge on any atom is -0.481 e. The van der Waals surface area contributed by atoms with Gasteiger partial charge in [-0.25, -0.2) is 4.98 Å². The maximum Gasteiger partial charge on any atom is 0.315 e. The van der Waals surface area contributed by atoms with Gasteiger partial charge in [0.05, 0.1) is 5.69 Å². The van der Waals surface area contributed by atoms with E-state index in [0.29, 0.717) is 10.8 Å². The summed E-state index contributed by atoms with van der Waals surface area (Å²) in [5.74, 6) is -0.875. The van der Waals surface area contributed by atoms with E-state index in [1.807, 2.05) is 31.2 Å². The largest absolute Gasteiger partial charge is 0.481 e. The van der Waals surface area contributed by atoms with Crippen LogP contribution < -0.4 is 5.32 Å². The normalized spacial score (nSPS) is 11.3. The number of carbonyl (C=O) groups is 1. The van der Waals surface area contributed by atoms with Gasteiger partial charge in [-0.05, 0) is 32.9 Å². The van der Waals surface area contributed by atoms with Gasteiger partial charge in [0.15, 0.2) is 5.13 Å². The van der Waals surface area contributed by atoms with E-state index in [1.165, 1.54) is 16.9 Å². The van der Waals surface area contributed by atoms with Gasteiger partial charge in [0.2, 0.25) is 0 Å². The van der Waals surface area contributed by atoms with Crippen LogP contribution in [0, 0.1) is 6.92 Å². The van der Waals surface area contributed by atoms with Gasteiger partial charge in [0, 0.05) is 11.1 Å². The van der Waals surface area contributed by atoms with Gasteiger partial charge < -0.3 is 10.4 Å². The van der Waals surface area contributed by atoms with Crippen LogP contribution in [0.3, 0.4) is 0 Å². The standard InChI is InChI=1S/C14H16N2O2S/c1-9-4-6-10(7-5-9)15-13-16-11(8-19-13)14(2,3)12(17)18/h4-8H,1-3H3,(H,15,16)(H,17,18). The summed E-state index contributed by atoms with van der Waals surface area (Å²) in [6.45, 7) is 5.33. The molecule has 0 saturated heterocycles. The molecule has 0 aliphatic heterocycles. The van der Waals surface area contributed by atoms with E-state index in [4.69, 9.17) is 5.11 Å². The molecule has 2 N–H and O–H groups in total. The van der Waals surface area contributed by atoms with Gasteiger partial charge in [0.25, 0.3) is 0 Å². The molecular weight excluding hydrogens is 260 g/mol. The molecule has 1 heterocycles. The SMILES string of the molecule is Cc1ccc(Nc2nc(C(C)(C)C(=O)O)cs2)cc1. The zero-order valence-corrected chi connectivity index (χ0v) is 11.9. The summed E-state index contributed by atoms with van der Waals surface area (Å²) in [7, 11) is 0. The predicted octanol–water partition coefficient (Wildman–Crippen LogP) is 3.56. The van der Waals surface area contributed by atoms with Crippen molar-refractivity contribution in [1.29, 1.82) is 0 Å². The lowest BCUT2D eigenvalue weighted by Crippen LogP contribution is -2.28. The Bertz CT molecular complexity index is 588. The van der Waals surface area contributed by atoms with Crippen molar-refractivity contribution in [1.82, 2.24) is 4.98 Å². The number of aliphatic carboxylic acids is 1. The number of rotatable bonds is 4. The highest BCUT2D eigenvalue weighted by atomic mass is 32.1. The van der Waals surface area contributed by atoms with Crippen LogP contribution in [-0.2, 0) is 10.2 Å². The summed E-state index contributed by atoms with van der Waals surface area (Å²) >= 11 is 1.41. The number of thiazole rings is 1. The van der Waals surface area contributed by atoms with Crippen LogP contribution in [0.15, 0.2) is 29.6 Å². The molecule has 0 fully saturated rings. The summed E-state index contributed by atoms with van der Waals surface area (Å²) in [6, 6.07) is 7.97. The van der Waals surface area contributed by atoms with Crippen LogP contribution in [0.25, 0.3) is 0 Å². The molecule has 0 bridgehead atoms. The average Bonchev–Trinajstić information content (AvgIpc) is 2.81. The number of benzene rings is 1. The van der Waals surface area contributed by atoms with Crippen molar-refractivity contribution in [2.45, 2.75) is 26.2 Å². The molecule has 5 heteroatoms. The predicted molar refractivity (Wildman–Crippen MR) is 77.2 cm³/mol.